The van der Waals surface area contributed by atoms with Gasteiger partial charge in [-0.3, -0.25) is 4.79 Å². The molecule has 23 heavy (non-hydrogen) atoms. The van der Waals surface area contributed by atoms with Gasteiger partial charge in [0.1, 0.15) is 4.88 Å². The zero-order valence-electron chi connectivity index (χ0n) is 14.3. The van der Waals surface area contributed by atoms with E-state index in [1.165, 1.54) is 37.0 Å². The molecule has 2 N–H and O–H groups in total. The van der Waals surface area contributed by atoms with Crippen LogP contribution in [0.25, 0.3) is 0 Å². The number of thiazole rings is 1. The lowest BCUT2D eigenvalue weighted by Crippen LogP contribution is -2.34. The Morgan fingerprint density at radius 1 is 1.39 bits per heavy atom. The third-order valence-electron chi connectivity index (χ3n) is 3.98. The fourth-order valence-electron chi connectivity index (χ4n) is 2.76. The number of aliphatic hydroxyl groups excluding tert-OH is 1. The molecule has 1 aromatic rings. The highest BCUT2D eigenvalue weighted by atomic mass is 32.1. The smallest absolute Gasteiger partial charge is 0.263 e. The highest BCUT2D eigenvalue weighted by molar-refractivity contribution is 7.13. The lowest BCUT2D eigenvalue weighted by molar-refractivity contribution is 0.0259. The van der Waals surface area contributed by atoms with Gasteiger partial charge in [0.05, 0.1) is 23.4 Å². The van der Waals surface area contributed by atoms with Crippen molar-refractivity contribution in [3.63, 3.8) is 0 Å². The summed E-state index contributed by atoms with van der Waals surface area (Å²) in [6.07, 6.45) is 4.20. The monoisotopic (exact) mass is 340 g/mol. The predicted molar refractivity (Wildman–Crippen MR) is 92.1 cm³/mol. The highest BCUT2D eigenvalue weighted by Crippen LogP contribution is 2.37. The van der Waals surface area contributed by atoms with Crippen LogP contribution in [-0.4, -0.2) is 41.9 Å². The Morgan fingerprint density at radius 3 is 2.74 bits per heavy atom. The number of carbonyl (C=O) groups excluding carboxylic acids is 1. The van der Waals surface area contributed by atoms with Crippen molar-refractivity contribution in [2.75, 3.05) is 19.8 Å². The first-order chi connectivity index (χ1) is 11.0. The van der Waals surface area contributed by atoms with E-state index in [2.05, 4.69) is 24.1 Å². The van der Waals surface area contributed by atoms with Crippen LogP contribution in [0.1, 0.15) is 65.8 Å². The minimum absolute atomic E-state index is 0.146. The second-order valence-electron chi connectivity index (χ2n) is 6.74. The van der Waals surface area contributed by atoms with Crippen LogP contribution in [0.4, 0.5) is 0 Å². The average molecular weight is 340 g/mol. The summed E-state index contributed by atoms with van der Waals surface area (Å²) in [5.41, 5.74) is 0.792. The van der Waals surface area contributed by atoms with Crippen molar-refractivity contribution in [3.05, 3.63) is 15.6 Å². The molecule has 1 heterocycles. The summed E-state index contributed by atoms with van der Waals surface area (Å²) in [7, 11) is 0. The average Bonchev–Trinajstić information content (AvgIpc) is 3.13. The number of hydrogen-bond acceptors (Lipinski definition) is 5. The first kappa shape index (κ1) is 18.4. The van der Waals surface area contributed by atoms with E-state index in [0.717, 1.165) is 10.7 Å². The fraction of sp³-hybridized carbons (Fsp3) is 0.765. The molecule has 1 aliphatic carbocycles. The summed E-state index contributed by atoms with van der Waals surface area (Å²) in [5, 5.41) is 13.7. The van der Waals surface area contributed by atoms with Crippen LogP contribution in [-0.2, 0) is 4.74 Å². The van der Waals surface area contributed by atoms with Crippen LogP contribution in [0, 0.1) is 12.8 Å². The maximum absolute atomic E-state index is 12.3. The SMILES string of the molecule is Cc1nc(C2CCCC2)sc1C(=O)NCC(O)COCC(C)C. The lowest BCUT2D eigenvalue weighted by atomic mass is 10.1. The molecule has 1 aliphatic rings. The molecule has 2 rings (SSSR count). The Hall–Kier alpha value is -0.980. The largest absolute Gasteiger partial charge is 0.389 e. The molecule has 0 aliphatic heterocycles. The first-order valence-electron chi connectivity index (χ1n) is 8.48. The van der Waals surface area contributed by atoms with Gasteiger partial charge in [0.25, 0.3) is 5.91 Å². The van der Waals surface area contributed by atoms with Gasteiger partial charge in [-0.15, -0.1) is 11.3 Å². The summed E-state index contributed by atoms with van der Waals surface area (Å²) in [4.78, 5) is 17.5. The first-order valence-corrected chi connectivity index (χ1v) is 9.30. The van der Waals surface area contributed by atoms with Gasteiger partial charge in [-0.05, 0) is 25.7 Å². The Labute approximate surface area is 142 Å². The number of amides is 1. The van der Waals surface area contributed by atoms with Crippen LogP contribution in [0.15, 0.2) is 0 Å². The Bertz CT molecular complexity index is 510. The molecule has 0 saturated heterocycles. The van der Waals surface area contributed by atoms with Crippen molar-refractivity contribution >= 4 is 17.2 Å². The highest BCUT2D eigenvalue weighted by Gasteiger charge is 2.23. The van der Waals surface area contributed by atoms with E-state index in [4.69, 9.17) is 4.74 Å². The molecule has 6 heteroatoms. The van der Waals surface area contributed by atoms with Crippen LogP contribution < -0.4 is 5.32 Å². The van der Waals surface area contributed by atoms with E-state index >= 15 is 0 Å². The van der Waals surface area contributed by atoms with E-state index < -0.39 is 6.10 Å². The number of nitrogens with one attached hydrogen (secondary N) is 1. The number of rotatable bonds is 8. The van der Waals surface area contributed by atoms with E-state index in [1.54, 1.807) is 0 Å². The number of aromatic nitrogens is 1. The maximum atomic E-state index is 12.3. The van der Waals surface area contributed by atoms with Crippen LogP contribution in [0.3, 0.4) is 0 Å². The molecule has 0 radical (unpaired) electrons. The topological polar surface area (TPSA) is 71.5 Å². The van der Waals surface area contributed by atoms with E-state index in [0.29, 0.717) is 23.3 Å². The van der Waals surface area contributed by atoms with Gasteiger partial charge < -0.3 is 15.2 Å². The Balaban J connectivity index is 1.81. The molecule has 0 bridgehead atoms. The molecule has 1 atom stereocenters. The van der Waals surface area contributed by atoms with Gasteiger partial charge >= 0.3 is 0 Å². The van der Waals surface area contributed by atoms with Gasteiger partial charge in [-0.25, -0.2) is 4.98 Å². The molecule has 5 nitrogen and oxygen atoms in total. The van der Waals surface area contributed by atoms with Crippen molar-refractivity contribution in [1.82, 2.24) is 10.3 Å². The third kappa shape index (κ3) is 5.55. The van der Waals surface area contributed by atoms with Crippen molar-refractivity contribution in [1.29, 1.82) is 0 Å². The summed E-state index contributed by atoms with van der Waals surface area (Å²) >= 11 is 1.50. The van der Waals surface area contributed by atoms with Crippen LogP contribution in [0.2, 0.25) is 0 Å². The zero-order chi connectivity index (χ0) is 16.8. The van der Waals surface area contributed by atoms with E-state index in [1.807, 2.05) is 6.92 Å². The van der Waals surface area contributed by atoms with Crippen LogP contribution in [0.5, 0.6) is 0 Å². The second kappa shape index (κ2) is 8.76. The minimum Gasteiger partial charge on any atom is -0.389 e. The molecule has 1 saturated carbocycles. The van der Waals surface area contributed by atoms with Crippen molar-refractivity contribution < 1.29 is 14.6 Å². The van der Waals surface area contributed by atoms with Gasteiger partial charge in [0.2, 0.25) is 0 Å². The maximum Gasteiger partial charge on any atom is 0.263 e. The Morgan fingerprint density at radius 2 is 2.09 bits per heavy atom. The molecular weight excluding hydrogens is 312 g/mol. The number of aryl methyl sites for hydroxylation is 1. The van der Waals surface area contributed by atoms with Gasteiger partial charge in [0, 0.05) is 19.1 Å². The third-order valence-corrected chi connectivity index (χ3v) is 5.30. The molecule has 1 unspecified atom stereocenters. The number of aliphatic hydroxyl groups is 1. The standard InChI is InChI=1S/C17H28N2O3S/c1-11(2)9-22-10-14(20)8-18-16(21)15-12(3)19-17(23-15)13-6-4-5-7-13/h11,13-14,20H,4-10H2,1-3H3,(H,18,21). The molecule has 1 amide bonds. The Kier molecular flexibility index (Phi) is 6.99. The number of nitrogens with zero attached hydrogens (tertiary/aromatic N) is 1. The number of ether oxygens (including phenoxy) is 1. The van der Waals surface area contributed by atoms with Crippen molar-refractivity contribution in [2.24, 2.45) is 5.92 Å². The number of hydrogen-bond donors (Lipinski definition) is 2. The normalized spacial score (nSPS) is 16.9. The molecule has 0 spiro atoms. The molecule has 130 valence electrons. The van der Waals surface area contributed by atoms with E-state index in [9.17, 15) is 9.90 Å². The second-order valence-corrected chi connectivity index (χ2v) is 7.77. The molecule has 0 aromatic carbocycles. The summed E-state index contributed by atoms with van der Waals surface area (Å²) < 4.78 is 5.38. The number of carbonyl (C=O) groups is 1. The summed E-state index contributed by atoms with van der Waals surface area (Å²) in [5.74, 6) is 0.813. The van der Waals surface area contributed by atoms with Crippen molar-refractivity contribution in [3.8, 4) is 0 Å². The predicted octanol–water partition coefficient (Wildman–Crippen LogP) is 2.87. The van der Waals surface area contributed by atoms with E-state index in [-0.39, 0.29) is 19.1 Å². The fourth-order valence-corrected chi connectivity index (χ4v) is 3.92. The summed E-state index contributed by atoms with van der Waals surface area (Å²) in [6.45, 7) is 7.06. The molecule has 1 fully saturated rings. The zero-order valence-corrected chi connectivity index (χ0v) is 15.1. The minimum atomic E-state index is -0.680. The molecule has 1 aromatic heterocycles. The summed E-state index contributed by atoms with van der Waals surface area (Å²) in [6, 6.07) is 0. The quantitative estimate of drug-likeness (QED) is 0.763. The van der Waals surface area contributed by atoms with Gasteiger partial charge in [-0.2, -0.15) is 0 Å². The molecular formula is C17H28N2O3S. The van der Waals surface area contributed by atoms with Gasteiger partial charge in [0.15, 0.2) is 0 Å². The van der Waals surface area contributed by atoms with Gasteiger partial charge in [-0.1, -0.05) is 26.7 Å². The van der Waals surface area contributed by atoms with Crippen LogP contribution >= 0.6 is 11.3 Å². The lowest BCUT2D eigenvalue weighted by Gasteiger charge is -2.13. The van der Waals surface area contributed by atoms with Crippen molar-refractivity contribution in [2.45, 2.75) is 58.5 Å².